The molecule has 1 fully saturated rings. The fourth-order valence-electron chi connectivity index (χ4n) is 4.54. The van der Waals surface area contributed by atoms with Gasteiger partial charge in [-0.3, -0.25) is 0 Å². The smallest absolute Gasteiger partial charge is 0.0750 e. The molecule has 1 aromatic carbocycles. The lowest BCUT2D eigenvalue weighted by atomic mass is 9.88. The number of benzene rings is 1. The van der Waals surface area contributed by atoms with E-state index in [4.69, 9.17) is 4.74 Å². The molecule has 0 aromatic heterocycles. The molecular weight excluding hydrogens is 272 g/mol. The van der Waals surface area contributed by atoms with Crippen molar-refractivity contribution in [3.63, 3.8) is 0 Å². The molecule has 0 aliphatic carbocycles. The van der Waals surface area contributed by atoms with Crippen molar-refractivity contribution < 1.29 is 4.74 Å². The van der Waals surface area contributed by atoms with Crippen molar-refractivity contribution in [3.05, 3.63) is 28.3 Å². The summed E-state index contributed by atoms with van der Waals surface area (Å²) in [5.74, 6) is 0. The van der Waals surface area contributed by atoms with Gasteiger partial charge in [0.05, 0.1) is 6.10 Å². The van der Waals surface area contributed by atoms with Crippen molar-refractivity contribution in [2.75, 3.05) is 37.7 Å². The van der Waals surface area contributed by atoms with E-state index >= 15 is 0 Å². The van der Waals surface area contributed by atoms with Crippen molar-refractivity contribution in [3.8, 4) is 0 Å². The molecule has 1 saturated heterocycles. The molecule has 1 aromatic rings. The lowest BCUT2D eigenvalue weighted by Crippen LogP contribution is -2.37. The lowest BCUT2D eigenvalue weighted by Gasteiger charge is -2.36. The third-order valence-electron chi connectivity index (χ3n) is 5.61. The molecule has 120 valence electrons. The van der Waals surface area contributed by atoms with E-state index in [0.29, 0.717) is 6.10 Å². The SMILES string of the molecule is Cc1c2c(cc3c1N(C[C@H]1CCCO1)CCC3)CCNCC2. The zero-order valence-corrected chi connectivity index (χ0v) is 13.8. The molecule has 0 saturated carbocycles. The molecule has 4 rings (SSSR count). The predicted octanol–water partition coefficient (Wildman–Crippen LogP) is 2.61. The Labute approximate surface area is 134 Å². The average molecular weight is 300 g/mol. The first-order valence-corrected chi connectivity index (χ1v) is 9.04. The second-order valence-electron chi connectivity index (χ2n) is 7.08. The van der Waals surface area contributed by atoms with Crippen LogP contribution in [0.5, 0.6) is 0 Å². The zero-order chi connectivity index (χ0) is 14.9. The van der Waals surface area contributed by atoms with Gasteiger partial charge in [-0.05, 0) is 80.8 Å². The fourth-order valence-corrected chi connectivity index (χ4v) is 4.54. The summed E-state index contributed by atoms with van der Waals surface area (Å²) < 4.78 is 5.89. The minimum Gasteiger partial charge on any atom is -0.376 e. The van der Waals surface area contributed by atoms with E-state index in [1.165, 1.54) is 45.1 Å². The second kappa shape index (κ2) is 6.21. The van der Waals surface area contributed by atoms with E-state index in [0.717, 1.165) is 26.2 Å². The number of fused-ring (bicyclic) bond motifs is 2. The van der Waals surface area contributed by atoms with E-state index in [1.54, 1.807) is 27.9 Å². The highest BCUT2D eigenvalue weighted by Gasteiger charge is 2.26. The van der Waals surface area contributed by atoms with Gasteiger partial charge in [0.25, 0.3) is 0 Å². The van der Waals surface area contributed by atoms with Gasteiger partial charge in [-0.25, -0.2) is 0 Å². The van der Waals surface area contributed by atoms with Crippen molar-refractivity contribution in [2.24, 2.45) is 0 Å². The minimum atomic E-state index is 0.450. The van der Waals surface area contributed by atoms with Crippen LogP contribution in [-0.2, 0) is 24.0 Å². The summed E-state index contributed by atoms with van der Waals surface area (Å²) in [6.45, 7) is 7.86. The minimum absolute atomic E-state index is 0.450. The quantitative estimate of drug-likeness (QED) is 0.908. The summed E-state index contributed by atoms with van der Waals surface area (Å²) in [5, 5.41) is 3.55. The third kappa shape index (κ3) is 2.65. The summed E-state index contributed by atoms with van der Waals surface area (Å²) in [5.41, 5.74) is 7.89. The summed E-state index contributed by atoms with van der Waals surface area (Å²) in [4.78, 5) is 2.63. The molecule has 0 radical (unpaired) electrons. The number of hydrogen-bond donors (Lipinski definition) is 1. The van der Waals surface area contributed by atoms with Gasteiger partial charge in [-0.2, -0.15) is 0 Å². The molecule has 3 aliphatic heterocycles. The Morgan fingerprint density at radius 2 is 2.09 bits per heavy atom. The van der Waals surface area contributed by atoms with Crippen LogP contribution >= 0.6 is 0 Å². The maximum atomic E-state index is 5.89. The molecular formula is C19H28N2O. The predicted molar refractivity (Wildman–Crippen MR) is 91.0 cm³/mol. The number of aryl methyl sites for hydroxylation is 1. The Kier molecular flexibility index (Phi) is 4.10. The van der Waals surface area contributed by atoms with Gasteiger partial charge >= 0.3 is 0 Å². The van der Waals surface area contributed by atoms with Gasteiger partial charge in [-0.1, -0.05) is 6.07 Å². The van der Waals surface area contributed by atoms with E-state index in [2.05, 4.69) is 23.2 Å². The van der Waals surface area contributed by atoms with Crippen LogP contribution in [0.15, 0.2) is 6.07 Å². The summed E-state index contributed by atoms with van der Waals surface area (Å²) >= 11 is 0. The van der Waals surface area contributed by atoms with Gasteiger partial charge in [0.1, 0.15) is 0 Å². The van der Waals surface area contributed by atoms with E-state index in [9.17, 15) is 0 Å². The maximum absolute atomic E-state index is 5.89. The average Bonchev–Trinajstić information content (AvgIpc) is 2.91. The normalized spacial score (nSPS) is 24.8. The van der Waals surface area contributed by atoms with E-state index < -0.39 is 0 Å². The highest BCUT2D eigenvalue weighted by molar-refractivity contribution is 5.65. The molecule has 0 spiro atoms. The number of rotatable bonds is 2. The summed E-state index contributed by atoms with van der Waals surface area (Å²) in [6, 6.07) is 2.52. The highest BCUT2D eigenvalue weighted by atomic mass is 16.5. The second-order valence-corrected chi connectivity index (χ2v) is 7.08. The number of anilines is 1. The third-order valence-corrected chi connectivity index (χ3v) is 5.61. The van der Waals surface area contributed by atoms with E-state index in [1.807, 2.05) is 0 Å². The summed E-state index contributed by atoms with van der Waals surface area (Å²) in [6.07, 6.45) is 7.83. The van der Waals surface area contributed by atoms with E-state index in [-0.39, 0.29) is 0 Å². The van der Waals surface area contributed by atoms with Gasteiger partial charge in [0.2, 0.25) is 0 Å². The maximum Gasteiger partial charge on any atom is 0.0750 e. The van der Waals surface area contributed by atoms with Crippen molar-refractivity contribution in [2.45, 2.75) is 51.6 Å². The number of hydrogen-bond acceptors (Lipinski definition) is 3. The zero-order valence-electron chi connectivity index (χ0n) is 13.8. The molecule has 3 aliphatic rings. The standard InChI is InChI=1S/C19H28N2O/c1-14-18-7-9-20-8-6-15(18)12-16-4-2-10-21(19(14)16)13-17-5-3-11-22-17/h12,17,20H,2-11,13H2,1H3/t17-/m1/s1. The highest BCUT2D eigenvalue weighted by Crippen LogP contribution is 2.36. The van der Waals surface area contributed by atoms with Crippen molar-refractivity contribution >= 4 is 5.69 Å². The topological polar surface area (TPSA) is 24.5 Å². The monoisotopic (exact) mass is 300 g/mol. The molecule has 3 heteroatoms. The van der Waals surface area contributed by atoms with Crippen molar-refractivity contribution in [1.29, 1.82) is 0 Å². The fraction of sp³-hybridized carbons (Fsp3) is 0.684. The molecule has 22 heavy (non-hydrogen) atoms. The van der Waals surface area contributed by atoms with Crippen LogP contribution in [0, 0.1) is 6.92 Å². The Bertz CT molecular complexity index is 549. The first-order chi connectivity index (χ1) is 10.8. The van der Waals surface area contributed by atoms with Crippen LogP contribution in [-0.4, -0.2) is 38.9 Å². The molecule has 0 bridgehead atoms. The Balaban J connectivity index is 1.68. The van der Waals surface area contributed by atoms with Gasteiger partial charge in [-0.15, -0.1) is 0 Å². The number of ether oxygens (including phenoxy) is 1. The number of nitrogens with one attached hydrogen (secondary N) is 1. The van der Waals surface area contributed by atoms with Crippen LogP contribution in [0.25, 0.3) is 0 Å². The largest absolute Gasteiger partial charge is 0.376 e. The van der Waals surface area contributed by atoms with Gasteiger partial charge < -0.3 is 15.0 Å². The Morgan fingerprint density at radius 3 is 2.95 bits per heavy atom. The molecule has 0 amide bonds. The lowest BCUT2D eigenvalue weighted by molar-refractivity contribution is 0.115. The van der Waals surface area contributed by atoms with Gasteiger partial charge in [0.15, 0.2) is 0 Å². The summed E-state index contributed by atoms with van der Waals surface area (Å²) in [7, 11) is 0. The van der Waals surface area contributed by atoms with Crippen LogP contribution in [0.3, 0.4) is 0 Å². The van der Waals surface area contributed by atoms with Crippen LogP contribution in [0.4, 0.5) is 5.69 Å². The molecule has 3 nitrogen and oxygen atoms in total. The first-order valence-electron chi connectivity index (χ1n) is 9.04. The Hall–Kier alpha value is -1.06. The Morgan fingerprint density at radius 1 is 1.18 bits per heavy atom. The van der Waals surface area contributed by atoms with Crippen molar-refractivity contribution in [1.82, 2.24) is 5.32 Å². The van der Waals surface area contributed by atoms with Crippen LogP contribution in [0.1, 0.15) is 41.5 Å². The first kappa shape index (κ1) is 14.5. The van der Waals surface area contributed by atoms with Gasteiger partial charge in [0, 0.05) is 25.4 Å². The van der Waals surface area contributed by atoms with Crippen LogP contribution in [0.2, 0.25) is 0 Å². The number of nitrogens with zero attached hydrogens (tertiary/aromatic N) is 1. The molecule has 0 unspecified atom stereocenters. The van der Waals surface area contributed by atoms with Crippen LogP contribution < -0.4 is 10.2 Å². The molecule has 3 heterocycles. The molecule has 1 N–H and O–H groups in total. The molecule has 1 atom stereocenters.